The minimum Gasteiger partial charge on any atom is -0.208 e. The summed E-state index contributed by atoms with van der Waals surface area (Å²) in [5.74, 6) is -1.33. The second kappa shape index (κ2) is 8.95. The summed E-state index contributed by atoms with van der Waals surface area (Å²) in [5, 5.41) is 1.08. The van der Waals surface area contributed by atoms with Gasteiger partial charge in [-0.2, -0.15) is 0 Å². The highest BCUT2D eigenvalue weighted by atomic mass is 19.2. The van der Waals surface area contributed by atoms with Crippen LogP contribution < -0.4 is 0 Å². The molecule has 0 aliphatic heterocycles. The van der Waals surface area contributed by atoms with Crippen LogP contribution in [0.25, 0.3) is 16.6 Å². The fourth-order valence-electron chi connectivity index (χ4n) is 4.37. The summed E-state index contributed by atoms with van der Waals surface area (Å²) in [6.07, 6.45) is 7.24. The molecule has 2 aromatic rings. The lowest BCUT2D eigenvalue weighted by Crippen LogP contribution is -2.15. The van der Waals surface area contributed by atoms with Gasteiger partial charge in [-0.3, -0.25) is 0 Å². The van der Waals surface area contributed by atoms with E-state index in [1.165, 1.54) is 12.5 Å². The Morgan fingerprint density at radius 3 is 2.37 bits per heavy atom. The van der Waals surface area contributed by atoms with Crippen molar-refractivity contribution in [2.24, 2.45) is 11.8 Å². The SMILES string of the molecule is CCCc1ccc2cc(C(F)=C(F)C3CCC(CCC)CC3)ccc2c1F. The minimum absolute atomic E-state index is 0.207. The van der Waals surface area contributed by atoms with E-state index in [-0.39, 0.29) is 17.3 Å². The van der Waals surface area contributed by atoms with E-state index in [0.29, 0.717) is 41.5 Å². The second-order valence-electron chi connectivity index (χ2n) is 7.89. The third-order valence-electron chi connectivity index (χ3n) is 5.92. The van der Waals surface area contributed by atoms with Gasteiger partial charge in [-0.25, -0.2) is 13.2 Å². The molecule has 1 fully saturated rings. The van der Waals surface area contributed by atoms with Crippen molar-refractivity contribution in [2.75, 3.05) is 0 Å². The molecule has 3 heteroatoms. The summed E-state index contributed by atoms with van der Waals surface area (Å²) in [4.78, 5) is 0. The predicted octanol–water partition coefficient (Wildman–Crippen LogP) is 8.15. The summed E-state index contributed by atoms with van der Waals surface area (Å²) in [6.45, 7) is 4.17. The van der Waals surface area contributed by atoms with E-state index in [9.17, 15) is 13.2 Å². The van der Waals surface area contributed by atoms with Gasteiger partial charge in [0.05, 0.1) is 0 Å². The molecular formula is C24H29F3. The van der Waals surface area contributed by atoms with Crippen LogP contribution in [0.15, 0.2) is 36.2 Å². The van der Waals surface area contributed by atoms with Crippen LogP contribution in [0.5, 0.6) is 0 Å². The first-order valence-electron chi connectivity index (χ1n) is 10.3. The largest absolute Gasteiger partial charge is 0.208 e. The Balaban J connectivity index is 1.83. The van der Waals surface area contributed by atoms with E-state index in [2.05, 4.69) is 6.92 Å². The number of hydrogen-bond donors (Lipinski definition) is 0. The molecule has 2 aromatic carbocycles. The van der Waals surface area contributed by atoms with Crippen LogP contribution in [0.2, 0.25) is 0 Å². The van der Waals surface area contributed by atoms with Gasteiger partial charge in [-0.05, 0) is 55.0 Å². The normalized spacial score (nSPS) is 21.4. The van der Waals surface area contributed by atoms with Gasteiger partial charge < -0.3 is 0 Å². The molecule has 0 unspecified atom stereocenters. The molecule has 0 radical (unpaired) electrons. The lowest BCUT2D eigenvalue weighted by molar-refractivity contribution is 0.261. The van der Waals surface area contributed by atoms with E-state index in [0.717, 1.165) is 25.7 Å². The van der Waals surface area contributed by atoms with Gasteiger partial charge in [0.1, 0.15) is 11.6 Å². The molecule has 0 N–H and O–H groups in total. The number of aryl methyl sites for hydroxylation is 1. The molecule has 0 saturated heterocycles. The van der Waals surface area contributed by atoms with E-state index in [1.54, 1.807) is 24.3 Å². The smallest absolute Gasteiger partial charge is 0.162 e. The molecule has 1 aliphatic rings. The molecule has 0 amide bonds. The van der Waals surface area contributed by atoms with Gasteiger partial charge >= 0.3 is 0 Å². The van der Waals surface area contributed by atoms with Crippen molar-refractivity contribution in [3.8, 4) is 0 Å². The van der Waals surface area contributed by atoms with Crippen molar-refractivity contribution in [1.29, 1.82) is 0 Å². The average molecular weight is 374 g/mol. The molecule has 0 bridgehead atoms. The number of hydrogen-bond acceptors (Lipinski definition) is 0. The maximum Gasteiger partial charge on any atom is 0.162 e. The van der Waals surface area contributed by atoms with Crippen LogP contribution >= 0.6 is 0 Å². The number of allylic oxidation sites excluding steroid dienone is 1. The Kier molecular flexibility index (Phi) is 6.62. The first-order valence-corrected chi connectivity index (χ1v) is 10.3. The van der Waals surface area contributed by atoms with Gasteiger partial charge in [0, 0.05) is 16.9 Å². The Morgan fingerprint density at radius 2 is 1.70 bits per heavy atom. The van der Waals surface area contributed by atoms with Crippen molar-refractivity contribution in [3.05, 3.63) is 53.1 Å². The third kappa shape index (κ3) is 4.39. The molecule has 0 atom stereocenters. The summed E-state index contributed by atoms with van der Waals surface area (Å²) in [6, 6.07) is 8.18. The van der Waals surface area contributed by atoms with Crippen LogP contribution in [0.3, 0.4) is 0 Å². The zero-order valence-corrected chi connectivity index (χ0v) is 16.3. The van der Waals surface area contributed by atoms with E-state index >= 15 is 0 Å². The molecule has 0 heterocycles. The highest BCUT2D eigenvalue weighted by molar-refractivity contribution is 5.87. The van der Waals surface area contributed by atoms with Gasteiger partial charge in [0.2, 0.25) is 0 Å². The molecule has 146 valence electrons. The van der Waals surface area contributed by atoms with Crippen LogP contribution in [0, 0.1) is 17.7 Å². The van der Waals surface area contributed by atoms with Gasteiger partial charge in [-0.15, -0.1) is 0 Å². The minimum atomic E-state index is -0.783. The van der Waals surface area contributed by atoms with E-state index < -0.39 is 11.7 Å². The zero-order chi connectivity index (χ0) is 19.4. The standard InChI is InChI=1S/C24H29F3/c1-3-5-16-7-9-18(10-8-16)23(26)24(27)20-13-14-21-19(15-20)12-11-17(6-4-2)22(21)25/h11-16,18H,3-10H2,1-2H3. The number of rotatable bonds is 6. The number of halogens is 3. The molecule has 0 aromatic heterocycles. The lowest BCUT2D eigenvalue weighted by atomic mass is 9.79. The molecule has 0 nitrogen and oxygen atoms in total. The lowest BCUT2D eigenvalue weighted by Gasteiger charge is -2.27. The van der Waals surface area contributed by atoms with E-state index in [1.807, 2.05) is 6.92 Å². The molecule has 1 saturated carbocycles. The summed E-state index contributed by atoms with van der Waals surface area (Å²) in [5.41, 5.74) is 0.877. The molecule has 1 aliphatic carbocycles. The van der Waals surface area contributed by atoms with Gasteiger partial charge in [-0.1, -0.05) is 57.4 Å². The first kappa shape index (κ1) is 20.0. The Labute approximate surface area is 160 Å². The predicted molar refractivity (Wildman–Crippen MR) is 107 cm³/mol. The quantitative estimate of drug-likeness (QED) is 0.478. The second-order valence-corrected chi connectivity index (χ2v) is 7.89. The van der Waals surface area contributed by atoms with E-state index in [4.69, 9.17) is 0 Å². The summed E-state index contributed by atoms with van der Waals surface area (Å²) >= 11 is 0. The van der Waals surface area contributed by atoms with Crippen LogP contribution in [-0.2, 0) is 6.42 Å². The Bertz CT molecular complexity index is 814. The van der Waals surface area contributed by atoms with Crippen LogP contribution in [-0.4, -0.2) is 0 Å². The fraction of sp³-hybridized carbons (Fsp3) is 0.500. The van der Waals surface area contributed by atoms with Crippen molar-refractivity contribution >= 4 is 16.6 Å². The fourth-order valence-corrected chi connectivity index (χ4v) is 4.37. The molecule has 27 heavy (non-hydrogen) atoms. The van der Waals surface area contributed by atoms with Crippen molar-refractivity contribution < 1.29 is 13.2 Å². The highest BCUT2D eigenvalue weighted by Gasteiger charge is 2.26. The summed E-state index contributed by atoms with van der Waals surface area (Å²) in [7, 11) is 0. The highest BCUT2D eigenvalue weighted by Crippen LogP contribution is 2.39. The van der Waals surface area contributed by atoms with Gasteiger partial charge in [0.25, 0.3) is 0 Å². The first-order chi connectivity index (χ1) is 13.0. The monoisotopic (exact) mass is 374 g/mol. The molecule has 0 spiro atoms. The summed E-state index contributed by atoms with van der Waals surface area (Å²) < 4.78 is 44.1. The molecule has 3 rings (SSSR count). The topological polar surface area (TPSA) is 0 Å². The van der Waals surface area contributed by atoms with Crippen molar-refractivity contribution in [2.45, 2.75) is 65.2 Å². The average Bonchev–Trinajstić information content (AvgIpc) is 2.70. The van der Waals surface area contributed by atoms with Crippen LogP contribution in [0.4, 0.5) is 13.2 Å². The zero-order valence-electron chi connectivity index (χ0n) is 16.3. The maximum absolute atomic E-state index is 14.8. The molecular weight excluding hydrogens is 345 g/mol. The third-order valence-corrected chi connectivity index (χ3v) is 5.92. The maximum atomic E-state index is 14.8. The Morgan fingerprint density at radius 1 is 0.963 bits per heavy atom. The number of fused-ring (bicyclic) bond motifs is 1. The van der Waals surface area contributed by atoms with Crippen molar-refractivity contribution in [3.63, 3.8) is 0 Å². The van der Waals surface area contributed by atoms with Crippen LogP contribution in [0.1, 0.15) is 69.9 Å². The van der Waals surface area contributed by atoms with Crippen molar-refractivity contribution in [1.82, 2.24) is 0 Å². The number of benzene rings is 2. The Hall–Kier alpha value is -1.77. The van der Waals surface area contributed by atoms with Gasteiger partial charge in [0.15, 0.2) is 5.83 Å².